The number of non-ortho nitro benzene ring substituents is 1. The van der Waals surface area contributed by atoms with Gasteiger partial charge in [0, 0.05) is 18.3 Å². The van der Waals surface area contributed by atoms with Crippen LogP contribution < -0.4 is 9.47 Å². The molecule has 0 spiro atoms. The van der Waals surface area contributed by atoms with Crippen molar-refractivity contribution in [3.05, 3.63) is 64.2 Å². The highest BCUT2D eigenvalue weighted by Crippen LogP contribution is 2.31. The lowest BCUT2D eigenvalue weighted by atomic mass is 10.1. The average molecular weight is 312 g/mol. The molecule has 0 saturated heterocycles. The normalized spacial score (nSPS) is 17.9. The van der Waals surface area contributed by atoms with Gasteiger partial charge in [-0.1, -0.05) is 24.3 Å². The molecule has 0 radical (unpaired) electrons. The first-order chi connectivity index (χ1) is 11.1. The Morgan fingerprint density at radius 2 is 2.04 bits per heavy atom. The third-order valence-corrected chi connectivity index (χ3v) is 3.61. The van der Waals surface area contributed by atoms with Crippen LogP contribution in [0.3, 0.4) is 0 Å². The first-order valence-electron chi connectivity index (χ1n) is 7.29. The second kappa shape index (κ2) is 6.48. The minimum atomic E-state index is -0.421. The van der Waals surface area contributed by atoms with Crippen molar-refractivity contribution in [2.75, 3.05) is 6.61 Å². The average Bonchev–Trinajstić information content (AvgIpc) is 2.59. The Morgan fingerprint density at radius 3 is 2.83 bits per heavy atom. The van der Waals surface area contributed by atoms with Gasteiger partial charge in [0.2, 0.25) is 0 Å². The summed E-state index contributed by atoms with van der Waals surface area (Å²) in [5.41, 5.74) is 0.732. The molecule has 2 aromatic carbocycles. The molecule has 0 bridgehead atoms. The zero-order chi connectivity index (χ0) is 16.2. The van der Waals surface area contributed by atoms with Crippen LogP contribution in [0.2, 0.25) is 0 Å². The van der Waals surface area contributed by atoms with Gasteiger partial charge in [0.25, 0.3) is 5.69 Å². The summed E-state index contributed by atoms with van der Waals surface area (Å²) >= 11 is 0. The van der Waals surface area contributed by atoms with Crippen LogP contribution in [0.5, 0.6) is 11.5 Å². The molecule has 6 heteroatoms. The summed E-state index contributed by atoms with van der Waals surface area (Å²) in [5.74, 6) is 1.44. The molecular formula is C17H16N2O4. The molecule has 1 aliphatic heterocycles. The molecule has 0 aromatic heterocycles. The van der Waals surface area contributed by atoms with Gasteiger partial charge in [0.05, 0.1) is 11.0 Å². The Labute approximate surface area is 133 Å². The topological polar surface area (TPSA) is 74.0 Å². The number of rotatable bonds is 4. The van der Waals surface area contributed by atoms with E-state index in [1.807, 2.05) is 31.2 Å². The minimum Gasteiger partial charge on any atom is -0.486 e. The van der Waals surface area contributed by atoms with Crippen molar-refractivity contribution in [3.63, 3.8) is 0 Å². The predicted octanol–water partition coefficient (Wildman–Crippen LogP) is 3.24. The van der Waals surface area contributed by atoms with E-state index in [0.717, 1.165) is 5.75 Å². The van der Waals surface area contributed by atoms with Crippen LogP contribution in [0.15, 0.2) is 53.5 Å². The van der Waals surface area contributed by atoms with Gasteiger partial charge in [-0.3, -0.25) is 15.1 Å². The highest BCUT2D eigenvalue weighted by Gasteiger charge is 2.25. The van der Waals surface area contributed by atoms with Crippen molar-refractivity contribution in [1.29, 1.82) is 0 Å². The van der Waals surface area contributed by atoms with Gasteiger partial charge >= 0.3 is 0 Å². The standard InChI is InChI=1S/C17H16N2O4/c1-12(17-11-22-15-7-2-3-8-16(15)23-17)18-10-13-5-4-6-14(9-13)19(20)21/h2-10,12,17H,11H2,1H3/t12-,17+/m1/s1. The van der Waals surface area contributed by atoms with Crippen LogP contribution >= 0.6 is 0 Å². The predicted molar refractivity (Wildman–Crippen MR) is 86.5 cm³/mol. The fourth-order valence-electron chi connectivity index (χ4n) is 2.29. The number of benzene rings is 2. The molecule has 23 heavy (non-hydrogen) atoms. The molecule has 1 heterocycles. The Bertz CT molecular complexity index is 745. The number of ether oxygens (including phenoxy) is 2. The molecule has 0 fully saturated rings. The molecule has 0 amide bonds. The summed E-state index contributed by atoms with van der Waals surface area (Å²) in [4.78, 5) is 14.8. The van der Waals surface area contributed by atoms with Crippen molar-refractivity contribution >= 4 is 11.9 Å². The van der Waals surface area contributed by atoms with E-state index >= 15 is 0 Å². The number of hydrogen-bond donors (Lipinski definition) is 0. The maximum atomic E-state index is 10.8. The summed E-state index contributed by atoms with van der Waals surface area (Å²) in [6.45, 7) is 2.35. The molecule has 2 atom stereocenters. The quantitative estimate of drug-likeness (QED) is 0.493. The highest BCUT2D eigenvalue weighted by atomic mass is 16.6. The van der Waals surface area contributed by atoms with E-state index in [9.17, 15) is 10.1 Å². The van der Waals surface area contributed by atoms with E-state index in [-0.39, 0.29) is 17.8 Å². The summed E-state index contributed by atoms with van der Waals surface area (Å²) < 4.78 is 11.6. The number of nitro groups is 1. The van der Waals surface area contributed by atoms with E-state index in [2.05, 4.69) is 4.99 Å². The van der Waals surface area contributed by atoms with Gasteiger partial charge in [0.1, 0.15) is 6.61 Å². The Morgan fingerprint density at radius 1 is 1.26 bits per heavy atom. The van der Waals surface area contributed by atoms with Crippen LogP contribution in [0.1, 0.15) is 12.5 Å². The molecule has 0 N–H and O–H groups in total. The third kappa shape index (κ3) is 3.48. The van der Waals surface area contributed by atoms with Gasteiger partial charge in [-0.25, -0.2) is 0 Å². The van der Waals surface area contributed by atoms with Crippen LogP contribution in [-0.4, -0.2) is 29.9 Å². The summed E-state index contributed by atoms with van der Waals surface area (Å²) in [5, 5.41) is 10.8. The van der Waals surface area contributed by atoms with Crippen LogP contribution in [0.25, 0.3) is 0 Å². The lowest BCUT2D eigenvalue weighted by Gasteiger charge is -2.28. The molecule has 0 aliphatic carbocycles. The fourth-order valence-corrected chi connectivity index (χ4v) is 2.29. The molecule has 6 nitrogen and oxygen atoms in total. The summed E-state index contributed by atoms with van der Waals surface area (Å²) in [7, 11) is 0. The number of nitrogens with zero attached hydrogens (tertiary/aromatic N) is 2. The summed E-state index contributed by atoms with van der Waals surface area (Å²) in [6.07, 6.45) is 1.43. The van der Waals surface area contributed by atoms with E-state index < -0.39 is 4.92 Å². The van der Waals surface area contributed by atoms with Gasteiger partial charge < -0.3 is 9.47 Å². The van der Waals surface area contributed by atoms with Gasteiger partial charge in [-0.05, 0) is 24.6 Å². The molecule has 118 valence electrons. The summed E-state index contributed by atoms with van der Waals surface area (Å²) in [6, 6.07) is 13.7. The van der Waals surface area contributed by atoms with Crippen molar-refractivity contribution in [2.24, 2.45) is 4.99 Å². The van der Waals surface area contributed by atoms with Crippen LogP contribution in [-0.2, 0) is 0 Å². The second-order valence-corrected chi connectivity index (χ2v) is 5.28. The Kier molecular flexibility index (Phi) is 4.23. The number of nitro benzene ring substituents is 1. The van der Waals surface area contributed by atoms with E-state index in [0.29, 0.717) is 17.9 Å². The molecule has 3 rings (SSSR count). The van der Waals surface area contributed by atoms with E-state index in [1.54, 1.807) is 18.3 Å². The van der Waals surface area contributed by atoms with Crippen LogP contribution in [0, 0.1) is 10.1 Å². The van der Waals surface area contributed by atoms with Gasteiger partial charge in [0.15, 0.2) is 17.6 Å². The maximum absolute atomic E-state index is 10.8. The number of fused-ring (bicyclic) bond motifs is 1. The number of hydrogen-bond acceptors (Lipinski definition) is 5. The van der Waals surface area contributed by atoms with Gasteiger partial charge in [-0.2, -0.15) is 0 Å². The first kappa shape index (κ1) is 15.0. The molecule has 1 aliphatic rings. The third-order valence-electron chi connectivity index (χ3n) is 3.61. The largest absolute Gasteiger partial charge is 0.486 e. The fraction of sp³-hybridized carbons (Fsp3) is 0.235. The Hall–Kier alpha value is -2.89. The number of para-hydroxylation sites is 2. The highest BCUT2D eigenvalue weighted by molar-refractivity contribution is 5.80. The van der Waals surface area contributed by atoms with Crippen molar-refractivity contribution < 1.29 is 14.4 Å². The zero-order valence-electron chi connectivity index (χ0n) is 12.6. The SMILES string of the molecule is C[C@@H](N=Cc1cccc([N+](=O)[O-])c1)[C@@H]1COc2ccccc2O1. The van der Waals surface area contributed by atoms with Crippen molar-refractivity contribution in [1.82, 2.24) is 0 Å². The van der Waals surface area contributed by atoms with Crippen LogP contribution in [0.4, 0.5) is 5.69 Å². The second-order valence-electron chi connectivity index (χ2n) is 5.28. The molecule has 2 aromatic rings. The lowest BCUT2D eigenvalue weighted by molar-refractivity contribution is -0.384. The Balaban J connectivity index is 1.69. The molecular weight excluding hydrogens is 296 g/mol. The zero-order valence-corrected chi connectivity index (χ0v) is 12.6. The monoisotopic (exact) mass is 312 g/mol. The van der Waals surface area contributed by atoms with E-state index in [1.165, 1.54) is 12.1 Å². The first-order valence-corrected chi connectivity index (χ1v) is 7.29. The van der Waals surface area contributed by atoms with E-state index in [4.69, 9.17) is 9.47 Å². The molecule has 0 saturated carbocycles. The maximum Gasteiger partial charge on any atom is 0.270 e. The lowest BCUT2D eigenvalue weighted by Crippen LogP contribution is -2.37. The van der Waals surface area contributed by atoms with Gasteiger partial charge in [-0.15, -0.1) is 0 Å². The van der Waals surface area contributed by atoms with Crippen molar-refractivity contribution in [2.45, 2.75) is 19.1 Å². The smallest absolute Gasteiger partial charge is 0.270 e. The van der Waals surface area contributed by atoms with Crippen molar-refractivity contribution in [3.8, 4) is 11.5 Å². The number of aliphatic imine (C=N–C) groups is 1. The minimum absolute atomic E-state index is 0.0489. The molecule has 0 unspecified atom stereocenters.